The second-order valence-corrected chi connectivity index (χ2v) is 9.96. The van der Waals surface area contributed by atoms with Gasteiger partial charge in [-0.05, 0) is 62.5 Å². The molecule has 4 fully saturated rings. The van der Waals surface area contributed by atoms with Gasteiger partial charge in [-0.3, -0.25) is 4.79 Å². The maximum Gasteiger partial charge on any atom is 0.228 e. The largest absolute Gasteiger partial charge is 0.492 e. The van der Waals surface area contributed by atoms with Gasteiger partial charge in [-0.2, -0.15) is 0 Å². The number of halogens is 1. The smallest absolute Gasteiger partial charge is 0.228 e. The predicted octanol–water partition coefficient (Wildman–Crippen LogP) is 4.26. The summed E-state index contributed by atoms with van der Waals surface area (Å²) in [7, 11) is 1.94. The Bertz CT molecular complexity index is 603. The minimum absolute atomic E-state index is 0.116. The van der Waals surface area contributed by atoms with Crippen molar-refractivity contribution in [2.24, 2.45) is 17.3 Å². The molecule has 0 aliphatic heterocycles. The van der Waals surface area contributed by atoms with E-state index in [1.54, 1.807) is 0 Å². The Labute approximate surface area is 152 Å². The highest BCUT2D eigenvalue weighted by atomic mass is 79.9. The lowest BCUT2D eigenvalue weighted by atomic mass is 9.49. The molecule has 130 valence electrons. The van der Waals surface area contributed by atoms with E-state index >= 15 is 0 Å². The number of ether oxygens (including phenoxy) is 1. The van der Waals surface area contributed by atoms with Crippen molar-refractivity contribution in [3.8, 4) is 5.75 Å². The molecular formula is C20H26BrNO2. The van der Waals surface area contributed by atoms with Crippen LogP contribution in [-0.4, -0.2) is 35.3 Å². The number of carbonyl (C=O) groups excluding carboxylic acids is 1. The first-order chi connectivity index (χ1) is 11.5. The van der Waals surface area contributed by atoms with Crippen LogP contribution in [0.1, 0.15) is 38.5 Å². The fraction of sp³-hybridized carbons (Fsp3) is 0.650. The second kappa shape index (κ2) is 6.05. The third-order valence-electron chi connectivity index (χ3n) is 6.23. The molecule has 0 radical (unpaired) electrons. The summed E-state index contributed by atoms with van der Waals surface area (Å²) >= 11 is 4.00. The van der Waals surface area contributed by atoms with E-state index < -0.39 is 0 Å². The minimum atomic E-state index is -0.116. The third-order valence-corrected chi connectivity index (χ3v) is 7.16. The number of likely N-dealkylation sites (N-methyl/N-ethyl adjacent to an activating group) is 1. The molecule has 0 saturated heterocycles. The third kappa shape index (κ3) is 2.98. The molecule has 4 aliphatic rings. The number of rotatable bonds is 5. The average molecular weight is 392 g/mol. The predicted molar refractivity (Wildman–Crippen MR) is 98.3 cm³/mol. The van der Waals surface area contributed by atoms with Crippen molar-refractivity contribution in [1.29, 1.82) is 0 Å². The van der Waals surface area contributed by atoms with Crippen LogP contribution in [0.4, 0.5) is 0 Å². The van der Waals surface area contributed by atoms with E-state index in [2.05, 4.69) is 15.9 Å². The van der Waals surface area contributed by atoms with E-state index in [-0.39, 0.29) is 9.74 Å². The van der Waals surface area contributed by atoms with Crippen LogP contribution in [0.3, 0.4) is 0 Å². The van der Waals surface area contributed by atoms with E-state index in [4.69, 9.17) is 4.74 Å². The van der Waals surface area contributed by atoms with Crippen LogP contribution in [-0.2, 0) is 4.79 Å². The lowest BCUT2D eigenvalue weighted by Crippen LogP contribution is -2.58. The van der Waals surface area contributed by atoms with Gasteiger partial charge >= 0.3 is 0 Å². The van der Waals surface area contributed by atoms with Gasteiger partial charge in [0.15, 0.2) is 0 Å². The summed E-state index contributed by atoms with van der Waals surface area (Å²) in [5, 5.41) is 0. The molecular weight excluding hydrogens is 366 g/mol. The first-order valence-corrected chi connectivity index (χ1v) is 9.90. The number of amides is 1. The maximum absolute atomic E-state index is 13.2. The van der Waals surface area contributed by atoms with Crippen LogP contribution in [0.5, 0.6) is 5.75 Å². The van der Waals surface area contributed by atoms with Crippen LogP contribution in [0.25, 0.3) is 0 Å². The molecule has 0 aromatic heterocycles. The van der Waals surface area contributed by atoms with Gasteiger partial charge in [-0.1, -0.05) is 34.1 Å². The van der Waals surface area contributed by atoms with Crippen molar-refractivity contribution >= 4 is 21.8 Å². The van der Waals surface area contributed by atoms with Gasteiger partial charge in [0.1, 0.15) is 12.4 Å². The van der Waals surface area contributed by atoms with Crippen molar-refractivity contribution in [1.82, 2.24) is 4.90 Å². The highest BCUT2D eigenvalue weighted by Crippen LogP contribution is 2.64. The first-order valence-electron chi connectivity index (χ1n) is 9.10. The van der Waals surface area contributed by atoms with E-state index in [1.807, 2.05) is 42.3 Å². The molecule has 2 atom stereocenters. The molecule has 4 saturated carbocycles. The molecule has 24 heavy (non-hydrogen) atoms. The zero-order valence-corrected chi connectivity index (χ0v) is 15.9. The van der Waals surface area contributed by atoms with Crippen LogP contribution >= 0.6 is 15.9 Å². The lowest BCUT2D eigenvalue weighted by molar-refractivity contribution is -0.154. The summed E-state index contributed by atoms with van der Waals surface area (Å²) in [6.45, 7) is 1.20. The standard InChI is InChI=1S/C20H26BrNO2/c1-22(7-8-24-17-5-3-2-4-6-17)18(23)19-10-15-9-16(11-19)13-20(21,12-15)14-19/h2-6,15-16H,7-14H2,1H3. The highest BCUT2D eigenvalue weighted by molar-refractivity contribution is 9.10. The van der Waals surface area contributed by atoms with Gasteiger partial charge in [0.2, 0.25) is 5.91 Å². The zero-order chi connectivity index (χ0) is 16.8. The molecule has 1 amide bonds. The molecule has 4 aliphatic carbocycles. The molecule has 4 heteroatoms. The van der Waals surface area contributed by atoms with Crippen LogP contribution in [0.15, 0.2) is 30.3 Å². The molecule has 3 nitrogen and oxygen atoms in total. The lowest BCUT2D eigenvalue weighted by Gasteiger charge is -2.59. The van der Waals surface area contributed by atoms with Gasteiger partial charge in [-0.25, -0.2) is 0 Å². The summed E-state index contributed by atoms with van der Waals surface area (Å²) in [6.07, 6.45) is 7.08. The van der Waals surface area contributed by atoms with E-state index in [9.17, 15) is 4.79 Å². The summed E-state index contributed by atoms with van der Waals surface area (Å²) < 4.78 is 5.99. The molecule has 4 bridgehead atoms. The van der Waals surface area contributed by atoms with Gasteiger partial charge in [0, 0.05) is 11.4 Å². The van der Waals surface area contributed by atoms with E-state index in [1.165, 1.54) is 19.3 Å². The maximum atomic E-state index is 13.2. The van der Waals surface area contributed by atoms with Crippen LogP contribution in [0, 0.1) is 17.3 Å². The van der Waals surface area contributed by atoms with E-state index in [0.29, 0.717) is 19.1 Å². The van der Waals surface area contributed by atoms with Crippen LogP contribution in [0.2, 0.25) is 0 Å². The molecule has 2 unspecified atom stereocenters. The monoisotopic (exact) mass is 391 g/mol. The van der Waals surface area contributed by atoms with Gasteiger partial charge < -0.3 is 9.64 Å². The Balaban J connectivity index is 1.38. The summed E-state index contributed by atoms with van der Waals surface area (Å²) in [6, 6.07) is 9.82. The number of hydrogen-bond acceptors (Lipinski definition) is 2. The molecule has 0 N–H and O–H groups in total. The second-order valence-electron chi connectivity index (χ2n) is 8.28. The van der Waals surface area contributed by atoms with Crippen molar-refractivity contribution in [3.63, 3.8) is 0 Å². The van der Waals surface area contributed by atoms with Crippen molar-refractivity contribution in [2.45, 2.75) is 42.8 Å². The van der Waals surface area contributed by atoms with E-state index in [0.717, 1.165) is 36.8 Å². The minimum Gasteiger partial charge on any atom is -0.492 e. The Kier molecular flexibility index (Phi) is 4.14. The van der Waals surface area contributed by atoms with Crippen molar-refractivity contribution < 1.29 is 9.53 Å². The highest BCUT2D eigenvalue weighted by Gasteiger charge is 2.60. The Hall–Kier alpha value is -1.03. The normalized spacial score (nSPS) is 36.6. The van der Waals surface area contributed by atoms with Crippen molar-refractivity contribution in [2.75, 3.05) is 20.2 Å². The Morgan fingerprint density at radius 3 is 2.50 bits per heavy atom. The van der Waals surface area contributed by atoms with Crippen LogP contribution < -0.4 is 4.74 Å². The molecule has 1 aromatic rings. The number of alkyl halides is 1. The first kappa shape index (κ1) is 16.4. The Morgan fingerprint density at radius 2 is 1.88 bits per heavy atom. The summed E-state index contributed by atoms with van der Waals surface area (Å²) in [5.74, 6) is 2.69. The number of carbonyl (C=O) groups is 1. The molecule has 0 spiro atoms. The fourth-order valence-electron chi connectivity index (χ4n) is 5.72. The average Bonchev–Trinajstić information content (AvgIpc) is 2.52. The molecule has 0 heterocycles. The SMILES string of the molecule is CN(CCOc1ccccc1)C(=O)C12CC3CC(CC(Br)(C3)C1)C2. The quantitative estimate of drug-likeness (QED) is 0.701. The van der Waals surface area contributed by atoms with Gasteiger partial charge in [0.05, 0.1) is 12.0 Å². The zero-order valence-electron chi connectivity index (χ0n) is 14.3. The molecule has 5 rings (SSSR count). The number of nitrogens with zero attached hydrogens (tertiary/aromatic N) is 1. The van der Waals surface area contributed by atoms with Gasteiger partial charge in [-0.15, -0.1) is 0 Å². The Morgan fingerprint density at radius 1 is 1.21 bits per heavy atom. The van der Waals surface area contributed by atoms with Gasteiger partial charge in [0.25, 0.3) is 0 Å². The van der Waals surface area contributed by atoms with Crippen molar-refractivity contribution in [3.05, 3.63) is 30.3 Å². The fourth-order valence-corrected chi connectivity index (χ4v) is 7.18. The topological polar surface area (TPSA) is 29.5 Å². The number of benzene rings is 1. The molecule has 1 aromatic carbocycles. The summed E-state index contributed by atoms with van der Waals surface area (Å²) in [5.41, 5.74) is -0.116. The number of hydrogen-bond donors (Lipinski definition) is 0. The number of para-hydroxylation sites is 1. The summed E-state index contributed by atoms with van der Waals surface area (Å²) in [4.78, 5) is 15.1.